The first-order valence-electron chi connectivity index (χ1n) is 6.34. The van der Waals surface area contributed by atoms with Gasteiger partial charge < -0.3 is 15.8 Å². The van der Waals surface area contributed by atoms with E-state index in [-0.39, 0.29) is 17.8 Å². The van der Waals surface area contributed by atoms with Crippen molar-refractivity contribution < 1.29 is 10.0 Å². The Morgan fingerprint density at radius 2 is 2.17 bits per heavy atom. The first kappa shape index (κ1) is 15.1. The van der Waals surface area contributed by atoms with Crippen molar-refractivity contribution in [2.75, 3.05) is 18.6 Å². The minimum Gasteiger partial charge on any atom is -0.409 e. The molecular weight excluding hydrogens is 250 g/mol. The lowest BCUT2D eigenvalue weighted by atomic mass is 9.98. The average Bonchev–Trinajstić information content (AvgIpc) is 2.38. The van der Waals surface area contributed by atoms with Gasteiger partial charge >= 0.3 is 0 Å². The number of nitrogens with two attached hydrogens (primary N) is 1. The van der Waals surface area contributed by atoms with Crippen LogP contribution in [-0.4, -0.2) is 46.4 Å². The summed E-state index contributed by atoms with van der Waals surface area (Å²) in [7, 11) is 1.79. The Labute approximate surface area is 113 Å². The summed E-state index contributed by atoms with van der Waals surface area (Å²) in [5, 5.41) is 11.5. The van der Waals surface area contributed by atoms with E-state index in [0.717, 1.165) is 12.8 Å². The second kappa shape index (κ2) is 7.51. The Balaban J connectivity index is 2.39. The van der Waals surface area contributed by atoms with Crippen LogP contribution in [0.25, 0.3) is 0 Å². The van der Waals surface area contributed by atoms with Gasteiger partial charge in [-0.05, 0) is 37.2 Å². The van der Waals surface area contributed by atoms with Crippen molar-refractivity contribution in [3.8, 4) is 0 Å². The Kier molecular flexibility index (Phi) is 6.32. The molecule has 1 aliphatic rings. The molecule has 1 fully saturated rings. The molecule has 5 nitrogen and oxygen atoms in total. The van der Waals surface area contributed by atoms with Crippen LogP contribution in [0.4, 0.5) is 0 Å². The largest absolute Gasteiger partial charge is 0.409 e. The Morgan fingerprint density at radius 3 is 2.72 bits per heavy atom. The molecular formula is C12H23N3O2S. The molecule has 0 aliphatic carbocycles. The van der Waals surface area contributed by atoms with Crippen LogP contribution in [0.3, 0.4) is 0 Å². The lowest BCUT2D eigenvalue weighted by Gasteiger charge is -2.28. The van der Waals surface area contributed by atoms with Crippen molar-refractivity contribution in [1.29, 1.82) is 0 Å². The third-order valence-corrected chi connectivity index (χ3v) is 4.54. The van der Waals surface area contributed by atoms with Crippen LogP contribution in [0.15, 0.2) is 5.16 Å². The van der Waals surface area contributed by atoms with Gasteiger partial charge in [-0.1, -0.05) is 5.16 Å². The smallest absolute Gasteiger partial charge is 0.222 e. The second-order valence-electron chi connectivity index (χ2n) is 4.91. The molecule has 0 saturated carbocycles. The second-order valence-corrected chi connectivity index (χ2v) is 6.13. The summed E-state index contributed by atoms with van der Waals surface area (Å²) in [6.45, 7) is 1.91. The number of amidine groups is 1. The molecule has 1 atom stereocenters. The fourth-order valence-corrected chi connectivity index (χ4v) is 3.27. The van der Waals surface area contributed by atoms with E-state index in [1.807, 2.05) is 18.7 Å². The summed E-state index contributed by atoms with van der Waals surface area (Å²) in [6.07, 6.45) is 3.30. The van der Waals surface area contributed by atoms with E-state index in [4.69, 9.17) is 10.9 Å². The van der Waals surface area contributed by atoms with Crippen LogP contribution < -0.4 is 5.73 Å². The summed E-state index contributed by atoms with van der Waals surface area (Å²) >= 11 is 1.97. The van der Waals surface area contributed by atoms with Crippen LogP contribution in [-0.2, 0) is 4.79 Å². The van der Waals surface area contributed by atoms with E-state index >= 15 is 0 Å². The number of thioether (sulfide) groups is 1. The lowest BCUT2D eigenvalue weighted by molar-refractivity contribution is -0.132. The van der Waals surface area contributed by atoms with Crippen LogP contribution in [0.2, 0.25) is 0 Å². The van der Waals surface area contributed by atoms with Gasteiger partial charge in [-0.15, -0.1) is 0 Å². The molecule has 1 amide bonds. The normalized spacial score (nSPS) is 19.6. The van der Waals surface area contributed by atoms with Gasteiger partial charge in [-0.3, -0.25) is 4.79 Å². The minimum atomic E-state index is -0.0358. The summed E-state index contributed by atoms with van der Waals surface area (Å²) in [4.78, 5) is 13.8. The van der Waals surface area contributed by atoms with E-state index in [0.29, 0.717) is 18.8 Å². The van der Waals surface area contributed by atoms with E-state index in [1.54, 1.807) is 11.9 Å². The topological polar surface area (TPSA) is 78.9 Å². The number of nitrogens with zero attached hydrogens (tertiary/aromatic N) is 2. The number of carbonyl (C=O) groups excluding carboxylic acids is 1. The summed E-state index contributed by atoms with van der Waals surface area (Å²) < 4.78 is 0. The third-order valence-electron chi connectivity index (χ3n) is 3.49. The van der Waals surface area contributed by atoms with Crippen LogP contribution in [0, 0.1) is 5.92 Å². The van der Waals surface area contributed by atoms with Gasteiger partial charge in [0.25, 0.3) is 0 Å². The molecule has 0 radical (unpaired) electrons. The van der Waals surface area contributed by atoms with E-state index in [2.05, 4.69) is 5.16 Å². The van der Waals surface area contributed by atoms with Crippen molar-refractivity contribution >= 4 is 23.5 Å². The third kappa shape index (κ3) is 4.76. The predicted molar refractivity (Wildman–Crippen MR) is 74.9 cm³/mol. The van der Waals surface area contributed by atoms with E-state index < -0.39 is 0 Å². The maximum absolute atomic E-state index is 12.1. The Bertz CT molecular complexity index is 304. The zero-order chi connectivity index (χ0) is 13.5. The Hall–Kier alpha value is -0.910. The quantitative estimate of drug-likeness (QED) is 0.344. The molecule has 1 unspecified atom stereocenters. The highest BCUT2D eigenvalue weighted by Gasteiger charge is 2.22. The highest BCUT2D eigenvalue weighted by atomic mass is 32.2. The standard InChI is InChI=1S/C12H23N3O2S/c1-9(7-11(13)14-17)15(2)12(16)8-10-3-5-18-6-4-10/h9-10,17H,3-8H2,1-2H3,(H2,13,14). The summed E-state index contributed by atoms with van der Waals surface area (Å²) in [5.74, 6) is 3.18. The summed E-state index contributed by atoms with van der Waals surface area (Å²) in [5.41, 5.74) is 5.46. The zero-order valence-electron chi connectivity index (χ0n) is 11.1. The first-order chi connectivity index (χ1) is 8.54. The molecule has 1 rings (SSSR count). The molecule has 1 heterocycles. The molecule has 104 valence electrons. The van der Waals surface area contributed by atoms with Crippen LogP contribution in [0.5, 0.6) is 0 Å². The number of rotatable bonds is 5. The summed E-state index contributed by atoms with van der Waals surface area (Å²) in [6, 6.07) is -0.0358. The monoisotopic (exact) mass is 273 g/mol. The number of hydrogen-bond acceptors (Lipinski definition) is 4. The lowest BCUT2D eigenvalue weighted by Crippen LogP contribution is -2.38. The predicted octanol–water partition coefficient (Wildman–Crippen LogP) is 1.50. The van der Waals surface area contributed by atoms with Gasteiger partial charge in [-0.25, -0.2) is 0 Å². The zero-order valence-corrected chi connectivity index (χ0v) is 11.9. The molecule has 0 spiro atoms. The fraction of sp³-hybridized carbons (Fsp3) is 0.833. The van der Waals surface area contributed by atoms with Gasteiger partial charge in [-0.2, -0.15) is 11.8 Å². The molecule has 1 aliphatic heterocycles. The highest BCUT2D eigenvalue weighted by molar-refractivity contribution is 7.99. The minimum absolute atomic E-state index is 0.0358. The Morgan fingerprint density at radius 1 is 1.56 bits per heavy atom. The molecule has 18 heavy (non-hydrogen) atoms. The fourth-order valence-electron chi connectivity index (χ4n) is 2.07. The maximum Gasteiger partial charge on any atom is 0.222 e. The van der Waals surface area contributed by atoms with Gasteiger partial charge in [0.05, 0.1) is 0 Å². The number of amides is 1. The van der Waals surface area contributed by atoms with Crippen LogP contribution in [0.1, 0.15) is 32.6 Å². The van der Waals surface area contributed by atoms with Gasteiger partial charge in [0, 0.05) is 25.9 Å². The molecule has 0 aromatic carbocycles. The van der Waals surface area contributed by atoms with Crippen molar-refractivity contribution in [2.45, 2.75) is 38.6 Å². The van der Waals surface area contributed by atoms with E-state index in [1.165, 1.54) is 11.5 Å². The van der Waals surface area contributed by atoms with Crippen molar-refractivity contribution in [3.05, 3.63) is 0 Å². The van der Waals surface area contributed by atoms with Gasteiger partial charge in [0.15, 0.2) is 0 Å². The van der Waals surface area contributed by atoms with Crippen molar-refractivity contribution in [1.82, 2.24) is 4.90 Å². The maximum atomic E-state index is 12.1. The van der Waals surface area contributed by atoms with E-state index in [9.17, 15) is 4.79 Å². The highest BCUT2D eigenvalue weighted by Crippen LogP contribution is 2.26. The number of carbonyl (C=O) groups is 1. The molecule has 3 N–H and O–H groups in total. The molecule has 0 aromatic heterocycles. The van der Waals surface area contributed by atoms with Gasteiger partial charge in [0.2, 0.25) is 5.91 Å². The molecule has 0 bridgehead atoms. The average molecular weight is 273 g/mol. The first-order valence-corrected chi connectivity index (χ1v) is 7.49. The molecule has 6 heteroatoms. The molecule has 0 aromatic rings. The number of oxime groups is 1. The molecule has 1 saturated heterocycles. The van der Waals surface area contributed by atoms with Gasteiger partial charge in [0.1, 0.15) is 5.84 Å². The van der Waals surface area contributed by atoms with Crippen molar-refractivity contribution in [2.24, 2.45) is 16.8 Å². The van der Waals surface area contributed by atoms with Crippen molar-refractivity contribution in [3.63, 3.8) is 0 Å². The number of hydrogen-bond donors (Lipinski definition) is 2. The van der Waals surface area contributed by atoms with Crippen LogP contribution >= 0.6 is 11.8 Å². The SMILES string of the molecule is CC(CC(N)=NO)N(C)C(=O)CC1CCSCC1.